The van der Waals surface area contributed by atoms with E-state index in [4.69, 9.17) is 14.0 Å². The lowest BCUT2D eigenvalue weighted by molar-refractivity contribution is -0.128. The zero-order valence-electron chi connectivity index (χ0n) is 16.1. The number of methoxy groups -OCH3 is 1. The van der Waals surface area contributed by atoms with Gasteiger partial charge in [0, 0.05) is 11.6 Å². The summed E-state index contributed by atoms with van der Waals surface area (Å²) in [5.41, 5.74) is 1.98. The van der Waals surface area contributed by atoms with Crippen LogP contribution in [0.3, 0.4) is 0 Å². The van der Waals surface area contributed by atoms with Crippen molar-refractivity contribution in [3.05, 3.63) is 60.0 Å². The van der Waals surface area contributed by atoms with Crippen LogP contribution in [0.25, 0.3) is 11.4 Å². The number of hydrogen-bond acceptors (Lipinski definition) is 6. The number of rotatable bonds is 8. The van der Waals surface area contributed by atoms with E-state index in [1.807, 2.05) is 50.2 Å². The number of carbonyl (C=O) groups excluding carboxylic acids is 1. The molecule has 0 saturated heterocycles. The molecule has 1 atom stereocenters. The second-order valence-corrected chi connectivity index (χ2v) is 6.29. The third-order valence-electron chi connectivity index (χ3n) is 4.14. The molecule has 0 spiro atoms. The molecule has 0 unspecified atom stereocenters. The maximum Gasteiger partial charge on any atom is 0.261 e. The van der Waals surface area contributed by atoms with E-state index < -0.39 is 6.10 Å². The number of ether oxygens (including phenoxy) is 2. The zero-order valence-corrected chi connectivity index (χ0v) is 16.1. The summed E-state index contributed by atoms with van der Waals surface area (Å²) in [6.45, 7) is 4.01. The van der Waals surface area contributed by atoms with Crippen LogP contribution in [0.5, 0.6) is 11.5 Å². The van der Waals surface area contributed by atoms with Crippen LogP contribution in [-0.2, 0) is 11.3 Å². The van der Waals surface area contributed by atoms with Crippen molar-refractivity contribution in [2.75, 3.05) is 7.11 Å². The van der Waals surface area contributed by atoms with Gasteiger partial charge in [0.15, 0.2) is 6.10 Å². The smallest absolute Gasteiger partial charge is 0.261 e. The summed E-state index contributed by atoms with van der Waals surface area (Å²) in [4.78, 5) is 16.8. The van der Waals surface area contributed by atoms with Crippen molar-refractivity contribution in [1.29, 1.82) is 0 Å². The van der Waals surface area contributed by atoms with Crippen molar-refractivity contribution in [3.63, 3.8) is 0 Å². The monoisotopic (exact) mass is 381 g/mol. The van der Waals surface area contributed by atoms with Crippen molar-refractivity contribution in [1.82, 2.24) is 15.5 Å². The number of benzene rings is 2. The van der Waals surface area contributed by atoms with Gasteiger partial charge in [-0.1, -0.05) is 41.9 Å². The molecule has 0 aliphatic rings. The lowest BCUT2D eigenvalue weighted by atomic mass is 10.1. The molecule has 0 aliphatic carbocycles. The third kappa shape index (κ3) is 4.88. The van der Waals surface area contributed by atoms with Gasteiger partial charge < -0.3 is 19.3 Å². The molecular weight excluding hydrogens is 358 g/mol. The molecule has 1 aromatic heterocycles. The molecule has 1 N–H and O–H groups in total. The van der Waals surface area contributed by atoms with Gasteiger partial charge in [-0.2, -0.15) is 4.98 Å². The maximum atomic E-state index is 12.5. The van der Waals surface area contributed by atoms with Gasteiger partial charge in [0.25, 0.3) is 5.91 Å². The third-order valence-corrected chi connectivity index (χ3v) is 4.14. The molecule has 28 heavy (non-hydrogen) atoms. The Kier molecular flexibility index (Phi) is 6.26. The predicted octanol–water partition coefficient (Wildman–Crippen LogP) is 3.53. The first-order chi connectivity index (χ1) is 13.6. The fourth-order valence-corrected chi connectivity index (χ4v) is 2.67. The summed E-state index contributed by atoms with van der Waals surface area (Å²) in [6, 6.07) is 15.0. The summed E-state index contributed by atoms with van der Waals surface area (Å²) < 4.78 is 16.2. The number of nitrogens with zero attached hydrogens (tertiary/aromatic N) is 2. The molecule has 3 rings (SSSR count). The Hall–Kier alpha value is -3.35. The van der Waals surface area contributed by atoms with Crippen LogP contribution < -0.4 is 14.8 Å². The number of hydrogen-bond donors (Lipinski definition) is 1. The molecule has 2 aromatic carbocycles. The Balaban J connectivity index is 1.59. The number of carbonyl (C=O) groups is 1. The second kappa shape index (κ2) is 9.03. The molecular formula is C21H23N3O4. The Morgan fingerprint density at radius 3 is 2.71 bits per heavy atom. The number of aromatic nitrogens is 2. The molecule has 3 aromatic rings. The van der Waals surface area contributed by atoms with Crippen molar-refractivity contribution in [2.24, 2.45) is 0 Å². The van der Waals surface area contributed by atoms with Crippen molar-refractivity contribution < 1.29 is 18.8 Å². The highest BCUT2D eigenvalue weighted by Crippen LogP contribution is 2.21. The highest BCUT2D eigenvalue weighted by atomic mass is 16.5. The lowest BCUT2D eigenvalue weighted by Crippen LogP contribution is -2.37. The minimum absolute atomic E-state index is 0.135. The van der Waals surface area contributed by atoms with Gasteiger partial charge in [0.05, 0.1) is 13.7 Å². The van der Waals surface area contributed by atoms with E-state index in [2.05, 4.69) is 15.5 Å². The standard InChI is InChI=1S/C21H23N3O4/c1-4-18(27-17-10-6-9-16(12-17)26-3)21(25)22-13-19-23-20(24-28-19)15-8-5-7-14(2)11-15/h5-12,18H,4,13H2,1-3H3,(H,22,25)/t18-/m1/s1. The summed E-state index contributed by atoms with van der Waals surface area (Å²) in [5.74, 6) is 1.82. The van der Waals surface area contributed by atoms with E-state index in [0.717, 1.165) is 11.1 Å². The Labute approximate surface area is 163 Å². The van der Waals surface area contributed by atoms with E-state index in [1.165, 1.54) is 0 Å². The molecule has 1 heterocycles. The normalized spacial score (nSPS) is 11.7. The largest absolute Gasteiger partial charge is 0.497 e. The first kappa shape index (κ1) is 19.4. The molecule has 0 radical (unpaired) electrons. The van der Waals surface area contributed by atoms with Gasteiger partial charge in [-0.15, -0.1) is 0 Å². The van der Waals surface area contributed by atoms with Gasteiger partial charge in [0.2, 0.25) is 11.7 Å². The number of amides is 1. The van der Waals surface area contributed by atoms with Gasteiger partial charge in [-0.25, -0.2) is 0 Å². The van der Waals surface area contributed by atoms with Crippen LogP contribution in [0.15, 0.2) is 53.1 Å². The van der Waals surface area contributed by atoms with Crippen LogP contribution in [0.2, 0.25) is 0 Å². The fourth-order valence-electron chi connectivity index (χ4n) is 2.67. The van der Waals surface area contributed by atoms with Crippen LogP contribution in [0.1, 0.15) is 24.8 Å². The van der Waals surface area contributed by atoms with Gasteiger partial charge in [0.1, 0.15) is 11.5 Å². The van der Waals surface area contributed by atoms with Crippen LogP contribution in [-0.4, -0.2) is 29.3 Å². The first-order valence-electron chi connectivity index (χ1n) is 9.07. The zero-order chi connectivity index (χ0) is 19.9. The quantitative estimate of drug-likeness (QED) is 0.642. The van der Waals surface area contributed by atoms with E-state index in [-0.39, 0.29) is 12.5 Å². The molecule has 0 aliphatic heterocycles. The first-order valence-corrected chi connectivity index (χ1v) is 9.07. The van der Waals surface area contributed by atoms with Gasteiger partial charge >= 0.3 is 0 Å². The van der Waals surface area contributed by atoms with Crippen molar-refractivity contribution in [3.8, 4) is 22.9 Å². The lowest BCUT2D eigenvalue weighted by Gasteiger charge is -2.17. The molecule has 1 amide bonds. The number of nitrogens with one attached hydrogen (secondary N) is 1. The average molecular weight is 381 g/mol. The van der Waals surface area contributed by atoms with Crippen LogP contribution in [0.4, 0.5) is 0 Å². The Bertz CT molecular complexity index is 939. The fraction of sp³-hybridized carbons (Fsp3) is 0.286. The molecule has 0 bridgehead atoms. The van der Waals surface area contributed by atoms with E-state index in [1.54, 1.807) is 19.2 Å². The summed E-state index contributed by atoms with van der Waals surface area (Å²) in [7, 11) is 1.58. The Morgan fingerprint density at radius 1 is 1.18 bits per heavy atom. The second-order valence-electron chi connectivity index (χ2n) is 6.29. The van der Waals surface area contributed by atoms with Crippen LogP contribution >= 0.6 is 0 Å². The van der Waals surface area contributed by atoms with Crippen molar-refractivity contribution >= 4 is 5.91 Å². The van der Waals surface area contributed by atoms with Gasteiger partial charge in [-0.3, -0.25) is 4.79 Å². The van der Waals surface area contributed by atoms with E-state index in [9.17, 15) is 4.79 Å². The Morgan fingerprint density at radius 2 is 1.96 bits per heavy atom. The van der Waals surface area contributed by atoms with Crippen molar-refractivity contribution in [2.45, 2.75) is 32.9 Å². The molecule has 0 saturated carbocycles. The molecule has 146 valence electrons. The molecule has 7 nitrogen and oxygen atoms in total. The predicted molar refractivity (Wildman–Crippen MR) is 104 cm³/mol. The van der Waals surface area contributed by atoms with E-state index >= 15 is 0 Å². The van der Waals surface area contributed by atoms with Crippen LogP contribution in [0, 0.1) is 6.92 Å². The summed E-state index contributed by atoms with van der Waals surface area (Å²) >= 11 is 0. The van der Waals surface area contributed by atoms with Gasteiger partial charge in [-0.05, 0) is 31.5 Å². The minimum Gasteiger partial charge on any atom is -0.497 e. The van der Waals surface area contributed by atoms with E-state index in [0.29, 0.717) is 29.6 Å². The highest BCUT2D eigenvalue weighted by molar-refractivity contribution is 5.81. The minimum atomic E-state index is -0.633. The highest BCUT2D eigenvalue weighted by Gasteiger charge is 2.19. The summed E-state index contributed by atoms with van der Waals surface area (Å²) in [6.07, 6.45) is -0.118. The maximum absolute atomic E-state index is 12.5. The molecule has 0 fully saturated rings. The number of aryl methyl sites for hydroxylation is 1. The average Bonchev–Trinajstić information content (AvgIpc) is 3.19. The summed E-state index contributed by atoms with van der Waals surface area (Å²) in [5, 5.41) is 6.76. The SMILES string of the molecule is CC[C@@H](Oc1cccc(OC)c1)C(=O)NCc1nc(-c2cccc(C)c2)no1. The molecule has 7 heteroatoms. The topological polar surface area (TPSA) is 86.5 Å².